The second kappa shape index (κ2) is 6.30. The van der Waals surface area contributed by atoms with Crippen molar-refractivity contribution < 1.29 is 9.53 Å². The minimum Gasteiger partial charge on any atom is -0.461 e. The lowest BCUT2D eigenvalue weighted by Crippen LogP contribution is -2.13. The topological polar surface area (TPSA) is 57.2 Å². The van der Waals surface area contributed by atoms with Gasteiger partial charge in [0.15, 0.2) is 5.69 Å². The van der Waals surface area contributed by atoms with E-state index in [1.54, 1.807) is 24.3 Å². The van der Waals surface area contributed by atoms with Crippen LogP contribution in [0.3, 0.4) is 0 Å². The Morgan fingerprint density at radius 3 is 2.57 bits per heavy atom. The Morgan fingerprint density at radius 2 is 1.96 bits per heavy atom. The number of ether oxygens (including phenoxy) is 1. The summed E-state index contributed by atoms with van der Waals surface area (Å²) >= 11 is 1.67. The van der Waals surface area contributed by atoms with Crippen molar-refractivity contribution in [1.82, 2.24) is 4.57 Å². The molecule has 1 aromatic carbocycles. The number of nitrogen functional groups attached to an aromatic ring is 1. The number of benzene rings is 1. The highest BCUT2D eigenvalue weighted by molar-refractivity contribution is 7.08. The van der Waals surface area contributed by atoms with E-state index in [2.05, 4.69) is 16.8 Å². The summed E-state index contributed by atoms with van der Waals surface area (Å²) in [5.74, 6) is -0.403. The van der Waals surface area contributed by atoms with Crippen LogP contribution >= 0.6 is 11.3 Å². The number of carbonyl (C=O) groups excluding carboxylic acids is 1. The molecule has 0 radical (unpaired) electrons. The molecule has 0 atom stereocenters. The molecule has 2 N–H and O–H groups in total. The van der Waals surface area contributed by atoms with E-state index in [4.69, 9.17) is 10.5 Å². The van der Waals surface area contributed by atoms with Crippen LogP contribution in [0, 0.1) is 6.92 Å². The number of thiophene rings is 1. The molecule has 5 heteroatoms. The molecule has 4 nitrogen and oxygen atoms in total. The molecule has 0 aliphatic carbocycles. The maximum Gasteiger partial charge on any atom is 0.357 e. The zero-order valence-corrected chi connectivity index (χ0v) is 13.9. The lowest BCUT2D eigenvalue weighted by atomic mass is 10.1. The number of esters is 1. The zero-order valence-electron chi connectivity index (χ0n) is 13.1. The fourth-order valence-corrected chi connectivity index (χ4v) is 3.30. The molecule has 3 rings (SSSR count). The highest BCUT2D eigenvalue weighted by atomic mass is 32.1. The Balaban J connectivity index is 2.03. The number of nitrogens with two attached hydrogens (primary N) is 1. The van der Waals surface area contributed by atoms with Gasteiger partial charge in [-0.15, -0.1) is 0 Å². The van der Waals surface area contributed by atoms with Gasteiger partial charge in [-0.05, 0) is 60.0 Å². The Bertz CT molecular complexity index is 818. The van der Waals surface area contributed by atoms with E-state index in [0.717, 1.165) is 16.9 Å². The van der Waals surface area contributed by atoms with Gasteiger partial charge in [0, 0.05) is 11.4 Å². The number of nitrogens with zero attached hydrogens (tertiary/aromatic N) is 1. The highest BCUT2D eigenvalue weighted by Crippen LogP contribution is 2.27. The van der Waals surface area contributed by atoms with Gasteiger partial charge in [-0.25, -0.2) is 4.79 Å². The Kier molecular flexibility index (Phi) is 4.21. The smallest absolute Gasteiger partial charge is 0.357 e. The number of hydrogen-bond acceptors (Lipinski definition) is 4. The van der Waals surface area contributed by atoms with Gasteiger partial charge < -0.3 is 15.0 Å². The second-order valence-corrected chi connectivity index (χ2v) is 5.98. The minimum absolute atomic E-state index is 0.319. The summed E-state index contributed by atoms with van der Waals surface area (Å²) in [7, 11) is 0. The number of aryl methyl sites for hydroxylation is 1. The monoisotopic (exact) mass is 326 g/mol. The van der Waals surface area contributed by atoms with E-state index in [1.807, 2.05) is 35.8 Å². The average Bonchev–Trinajstić information content (AvgIpc) is 3.15. The minimum atomic E-state index is -0.403. The number of aromatic nitrogens is 1. The first-order chi connectivity index (χ1) is 11.1. The van der Waals surface area contributed by atoms with Crippen molar-refractivity contribution in [2.24, 2.45) is 0 Å². The molecule has 0 amide bonds. The third-order valence-corrected chi connectivity index (χ3v) is 4.35. The first-order valence-electron chi connectivity index (χ1n) is 7.39. The lowest BCUT2D eigenvalue weighted by Gasteiger charge is -2.12. The van der Waals surface area contributed by atoms with Crippen LogP contribution in [0.2, 0.25) is 0 Å². The van der Waals surface area contributed by atoms with Crippen molar-refractivity contribution in [3.05, 3.63) is 58.5 Å². The molecule has 0 aliphatic rings. The Hall–Kier alpha value is -2.53. The van der Waals surface area contributed by atoms with E-state index in [9.17, 15) is 4.79 Å². The molecule has 0 saturated carbocycles. The lowest BCUT2D eigenvalue weighted by molar-refractivity contribution is 0.0518. The van der Waals surface area contributed by atoms with Crippen molar-refractivity contribution in [1.29, 1.82) is 0 Å². The highest BCUT2D eigenvalue weighted by Gasteiger charge is 2.20. The van der Waals surface area contributed by atoms with Gasteiger partial charge in [0.05, 0.1) is 12.3 Å². The maximum absolute atomic E-state index is 12.2. The summed E-state index contributed by atoms with van der Waals surface area (Å²) in [6.45, 7) is 4.02. The van der Waals surface area contributed by atoms with Crippen LogP contribution < -0.4 is 5.73 Å². The van der Waals surface area contributed by atoms with Gasteiger partial charge in [0.2, 0.25) is 0 Å². The fourth-order valence-electron chi connectivity index (χ4n) is 2.64. The maximum atomic E-state index is 12.2. The molecule has 23 heavy (non-hydrogen) atoms. The van der Waals surface area contributed by atoms with E-state index in [1.165, 1.54) is 5.56 Å². The fraction of sp³-hybridized carbons (Fsp3) is 0.167. The van der Waals surface area contributed by atoms with Crippen LogP contribution in [-0.2, 0) is 4.74 Å². The molecule has 118 valence electrons. The third-order valence-electron chi connectivity index (χ3n) is 3.66. The van der Waals surface area contributed by atoms with Crippen molar-refractivity contribution >= 4 is 23.0 Å². The molecular formula is C18H18N2O2S. The largest absolute Gasteiger partial charge is 0.461 e. The van der Waals surface area contributed by atoms with Gasteiger partial charge in [-0.2, -0.15) is 11.3 Å². The Labute approximate surface area is 139 Å². The van der Waals surface area contributed by atoms with Crippen molar-refractivity contribution in [2.45, 2.75) is 13.8 Å². The molecule has 2 aromatic heterocycles. The van der Waals surface area contributed by atoms with Gasteiger partial charge in [-0.1, -0.05) is 12.1 Å². The van der Waals surface area contributed by atoms with Gasteiger partial charge in [0.1, 0.15) is 0 Å². The molecule has 0 unspecified atom stereocenters. The Morgan fingerprint density at radius 1 is 1.22 bits per heavy atom. The first-order valence-corrected chi connectivity index (χ1v) is 8.34. The van der Waals surface area contributed by atoms with Gasteiger partial charge >= 0.3 is 5.97 Å². The molecule has 0 spiro atoms. The number of anilines is 1. The van der Waals surface area contributed by atoms with Crippen LogP contribution in [0.1, 0.15) is 23.1 Å². The molecule has 3 aromatic rings. The molecule has 0 fully saturated rings. The van der Waals surface area contributed by atoms with Crippen LogP contribution in [0.4, 0.5) is 5.69 Å². The number of rotatable bonds is 4. The standard InChI is InChI=1S/C18H18N2O2S/c1-3-22-18(21)17-16(19)10-12(2)20(17)15-6-4-13(5-7-15)14-8-9-23-11-14/h4-11H,3,19H2,1-2H3. The van der Waals surface area contributed by atoms with E-state index in [-0.39, 0.29) is 0 Å². The zero-order chi connectivity index (χ0) is 16.4. The second-order valence-electron chi connectivity index (χ2n) is 5.20. The number of hydrogen-bond donors (Lipinski definition) is 1. The molecular weight excluding hydrogens is 308 g/mol. The summed E-state index contributed by atoms with van der Waals surface area (Å²) in [5, 5.41) is 4.16. The number of carbonyl (C=O) groups is 1. The van der Waals surface area contributed by atoms with Crippen molar-refractivity contribution in [3.8, 4) is 16.8 Å². The molecule has 0 saturated heterocycles. The van der Waals surface area contributed by atoms with Crippen molar-refractivity contribution in [3.63, 3.8) is 0 Å². The summed E-state index contributed by atoms with van der Waals surface area (Å²) < 4.78 is 6.97. The van der Waals surface area contributed by atoms with E-state index >= 15 is 0 Å². The normalized spacial score (nSPS) is 10.7. The SMILES string of the molecule is CCOC(=O)c1c(N)cc(C)n1-c1ccc(-c2ccsc2)cc1. The van der Waals surface area contributed by atoms with Crippen LogP contribution in [-0.4, -0.2) is 17.1 Å². The predicted octanol–water partition coefficient (Wildman–Crippen LogP) is 4.27. The van der Waals surface area contributed by atoms with Gasteiger partial charge in [0.25, 0.3) is 0 Å². The van der Waals surface area contributed by atoms with Crippen LogP contribution in [0.15, 0.2) is 47.2 Å². The summed E-state index contributed by atoms with van der Waals surface area (Å²) in [6.07, 6.45) is 0. The third kappa shape index (κ3) is 2.87. The summed E-state index contributed by atoms with van der Waals surface area (Å²) in [6, 6.07) is 11.9. The van der Waals surface area contributed by atoms with Gasteiger partial charge in [-0.3, -0.25) is 0 Å². The van der Waals surface area contributed by atoms with E-state index < -0.39 is 5.97 Å². The van der Waals surface area contributed by atoms with Crippen molar-refractivity contribution in [2.75, 3.05) is 12.3 Å². The van der Waals surface area contributed by atoms with Crippen LogP contribution in [0.5, 0.6) is 0 Å². The molecule has 0 bridgehead atoms. The van der Waals surface area contributed by atoms with E-state index in [0.29, 0.717) is 18.0 Å². The quantitative estimate of drug-likeness (QED) is 0.728. The average molecular weight is 326 g/mol. The predicted molar refractivity (Wildman–Crippen MR) is 94.2 cm³/mol. The summed E-state index contributed by atoms with van der Waals surface area (Å²) in [5.41, 5.74) is 10.9. The first kappa shape index (κ1) is 15.4. The molecule has 2 heterocycles. The molecule has 0 aliphatic heterocycles. The summed E-state index contributed by atoms with van der Waals surface area (Å²) in [4.78, 5) is 12.2. The van der Waals surface area contributed by atoms with Crippen LogP contribution in [0.25, 0.3) is 16.8 Å².